The van der Waals surface area contributed by atoms with Crippen LogP contribution >= 0.6 is 0 Å². The summed E-state index contributed by atoms with van der Waals surface area (Å²) < 4.78 is 15.7. The van der Waals surface area contributed by atoms with E-state index in [4.69, 9.17) is 14.2 Å². The predicted molar refractivity (Wildman–Crippen MR) is 119 cm³/mol. The summed E-state index contributed by atoms with van der Waals surface area (Å²) in [7, 11) is 4.34. The molecular formula is C23H32N2O7. The van der Waals surface area contributed by atoms with Gasteiger partial charge in [-0.15, -0.1) is 0 Å². The second kappa shape index (κ2) is 12.2. The quantitative estimate of drug-likeness (QED) is 0.279. The van der Waals surface area contributed by atoms with Crippen LogP contribution in [0.1, 0.15) is 43.0 Å². The fourth-order valence-corrected chi connectivity index (χ4v) is 3.54. The highest BCUT2D eigenvalue weighted by Gasteiger charge is 2.27. The zero-order valence-electron chi connectivity index (χ0n) is 19.1. The van der Waals surface area contributed by atoms with E-state index in [1.165, 1.54) is 33.5 Å². The molecule has 1 aliphatic rings. The molecular weight excluding hydrogens is 416 g/mol. The lowest BCUT2D eigenvalue weighted by Gasteiger charge is -2.29. The number of unbranched alkanes of at least 4 members (excludes halogenated alkanes) is 1. The Morgan fingerprint density at radius 1 is 1.16 bits per heavy atom. The van der Waals surface area contributed by atoms with Gasteiger partial charge in [0.1, 0.15) is 6.04 Å². The Balaban J connectivity index is 1.89. The van der Waals surface area contributed by atoms with Crippen LogP contribution in [0.2, 0.25) is 0 Å². The molecule has 2 unspecified atom stereocenters. The molecule has 1 aliphatic heterocycles. The second-order valence-electron chi connectivity index (χ2n) is 7.79. The number of aliphatic hydroxyl groups excluding tert-OH is 1. The number of carbonyl (C=O) groups excluding carboxylic acids is 3. The number of hydrogen-bond donors (Lipinski definition) is 1. The third-order valence-corrected chi connectivity index (χ3v) is 5.34. The van der Waals surface area contributed by atoms with Gasteiger partial charge in [-0.25, -0.2) is 0 Å². The molecule has 0 spiro atoms. The third-order valence-electron chi connectivity index (χ3n) is 5.34. The first kappa shape index (κ1) is 25.3. The smallest absolute Gasteiger partial charge is 0.247 e. The summed E-state index contributed by atoms with van der Waals surface area (Å²) in [6.07, 6.45) is 3.36. The van der Waals surface area contributed by atoms with Crippen molar-refractivity contribution in [1.29, 1.82) is 0 Å². The topological polar surface area (TPSA) is 115 Å². The normalized spacial score (nSPS) is 16.6. The van der Waals surface area contributed by atoms with Gasteiger partial charge in [-0.05, 0) is 30.9 Å². The van der Waals surface area contributed by atoms with E-state index < -0.39 is 17.6 Å². The van der Waals surface area contributed by atoms with Crippen molar-refractivity contribution >= 4 is 23.7 Å². The van der Waals surface area contributed by atoms with Gasteiger partial charge >= 0.3 is 0 Å². The molecule has 2 rings (SSSR count). The van der Waals surface area contributed by atoms with Crippen LogP contribution in [-0.2, 0) is 9.59 Å². The van der Waals surface area contributed by atoms with Crippen LogP contribution in [0.4, 0.5) is 0 Å². The molecule has 0 aromatic heterocycles. The number of amides is 1. The lowest BCUT2D eigenvalue weighted by atomic mass is 10.00. The summed E-state index contributed by atoms with van der Waals surface area (Å²) in [5, 5.41) is 9.20. The minimum absolute atomic E-state index is 0.00457. The number of nitrogens with zero attached hydrogens (tertiary/aromatic N) is 2. The molecule has 0 saturated heterocycles. The van der Waals surface area contributed by atoms with Gasteiger partial charge in [-0.1, -0.05) is 13.3 Å². The number of methoxy groups -OCH3 is 3. The Morgan fingerprint density at radius 2 is 1.81 bits per heavy atom. The number of aliphatic hydroxyl groups is 1. The molecule has 1 aromatic rings. The average Bonchev–Trinajstić information content (AvgIpc) is 2.81. The number of rotatable bonds is 13. The molecule has 1 heterocycles. The van der Waals surface area contributed by atoms with Crippen molar-refractivity contribution in [3.63, 3.8) is 0 Å². The van der Waals surface area contributed by atoms with Crippen molar-refractivity contribution in [2.24, 2.45) is 10.9 Å². The predicted octanol–water partition coefficient (Wildman–Crippen LogP) is 1.93. The maximum atomic E-state index is 12.6. The standard InChI is InChI=1S/C23H32N2O7/c1-15(14-26)13-25-10-9-24-17(23(25)29)7-5-6-8-18(27)21(28)16-11-19(30-2)22(32-4)20(12-16)31-3/h9,11-12,15,17,26H,5-8,10,13-14H2,1-4H3. The van der Waals surface area contributed by atoms with Crippen LogP contribution in [0.5, 0.6) is 17.2 Å². The largest absolute Gasteiger partial charge is 0.493 e. The summed E-state index contributed by atoms with van der Waals surface area (Å²) in [6.45, 7) is 2.83. The number of Topliss-reactive ketones (excluding diaryl/α,β-unsaturated/α-hetero) is 2. The molecule has 176 valence electrons. The van der Waals surface area contributed by atoms with Crippen LogP contribution in [-0.4, -0.2) is 80.8 Å². The van der Waals surface area contributed by atoms with Gasteiger partial charge in [0.15, 0.2) is 11.5 Å². The first-order valence-electron chi connectivity index (χ1n) is 10.6. The van der Waals surface area contributed by atoms with Crippen LogP contribution in [0.25, 0.3) is 0 Å². The number of ketones is 2. The highest BCUT2D eigenvalue weighted by Crippen LogP contribution is 2.38. The summed E-state index contributed by atoms with van der Waals surface area (Å²) in [6, 6.07) is 2.44. The Bertz CT molecular complexity index is 828. The van der Waals surface area contributed by atoms with Crippen LogP contribution in [0, 0.1) is 5.92 Å². The fourth-order valence-electron chi connectivity index (χ4n) is 3.54. The lowest BCUT2D eigenvalue weighted by Crippen LogP contribution is -2.45. The Hall–Kier alpha value is -2.94. The number of ether oxygens (including phenoxy) is 3. The van der Waals surface area contributed by atoms with Gasteiger partial charge in [0, 0.05) is 31.4 Å². The molecule has 32 heavy (non-hydrogen) atoms. The van der Waals surface area contributed by atoms with E-state index in [1.807, 2.05) is 6.92 Å². The maximum Gasteiger partial charge on any atom is 0.247 e. The van der Waals surface area contributed by atoms with E-state index in [2.05, 4.69) is 4.99 Å². The zero-order chi connectivity index (χ0) is 23.7. The van der Waals surface area contributed by atoms with E-state index in [0.717, 1.165) is 0 Å². The van der Waals surface area contributed by atoms with Crippen LogP contribution in [0.15, 0.2) is 17.1 Å². The number of hydrogen-bond acceptors (Lipinski definition) is 8. The summed E-state index contributed by atoms with van der Waals surface area (Å²) in [5.74, 6) is -0.249. The second-order valence-corrected chi connectivity index (χ2v) is 7.79. The SMILES string of the molecule is COc1cc(C(=O)C(=O)CCCCC2N=CCN(CC(C)CO)C2=O)cc(OC)c1OC. The van der Waals surface area contributed by atoms with E-state index in [0.29, 0.717) is 49.6 Å². The van der Waals surface area contributed by atoms with Gasteiger partial charge in [0.2, 0.25) is 23.2 Å². The van der Waals surface area contributed by atoms with Crippen molar-refractivity contribution in [3.8, 4) is 17.2 Å². The Morgan fingerprint density at radius 3 is 2.38 bits per heavy atom. The third kappa shape index (κ3) is 6.29. The maximum absolute atomic E-state index is 12.6. The molecule has 0 radical (unpaired) electrons. The van der Waals surface area contributed by atoms with Gasteiger partial charge in [0.05, 0.1) is 27.9 Å². The van der Waals surface area contributed by atoms with E-state index in [9.17, 15) is 19.5 Å². The van der Waals surface area contributed by atoms with Crippen LogP contribution in [0.3, 0.4) is 0 Å². The first-order chi connectivity index (χ1) is 15.4. The molecule has 0 saturated carbocycles. The minimum atomic E-state index is -0.625. The highest BCUT2D eigenvalue weighted by atomic mass is 16.5. The highest BCUT2D eigenvalue weighted by molar-refractivity contribution is 6.43. The van der Waals surface area contributed by atoms with Crippen molar-refractivity contribution in [3.05, 3.63) is 17.7 Å². The summed E-state index contributed by atoms with van der Waals surface area (Å²) >= 11 is 0. The molecule has 9 heteroatoms. The summed E-state index contributed by atoms with van der Waals surface area (Å²) in [4.78, 5) is 43.5. The van der Waals surface area contributed by atoms with E-state index in [1.54, 1.807) is 11.1 Å². The molecule has 9 nitrogen and oxygen atoms in total. The fraction of sp³-hybridized carbons (Fsp3) is 0.565. The molecule has 2 atom stereocenters. The molecule has 1 aromatic carbocycles. The molecule has 1 amide bonds. The Kier molecular flexibility index (Phi) is 9.64. The minimum Gasteiger partial charge on any atom is -0.493 e. The van der Waals surface area contributed by atoms with Gasteiger partial charge in [-0.3, -0.25) is 19.4 Å². The monoisotopic (exact) mass is 448 g/mol. The zero-order valence-corrected chi connectivity index (χ0v) is 19.1. The van der Waals surface area contributed by atoms with Gasteiger partial charge < -0.3 is 24.2 Å². The summed E-state index contributed by atoms with van der Waals surface area (Å²) in [5.41, 5.74) is 0.171. The number of benzene rings is 1. The average molecular weight is 449 g/mol. The van der Waals surface area contributed by atoms with Crippen molar-refractivity contribution in [2.45, 2.75) is 38.6 Å². The van der Waals surface area contributed by atoms with Gasteiger partial charge in [-0.2, -0.15) is 0 Å². The molecule has 0 bridgehead atoms. The van der Waals surface area contributed by atoms with Crippen LogP contribution < -0.4 is 14.2 Å². The molecule has 0 aliphatic carbocycles. The first-order valence-corrected chi connectivity index (χ1v) is 10.6. The van der Waals surface area contributed by atoms with Crippen molar-refractivity contribution < 1.29 is 33.7 Å². The molecule has 0 fully saturated rings. The lowest BCUT2D eigenvalue weighted by molar-refractivity contribution is -0.133. The molecule has 1 N–H and O–H groups in total. The van der Waals surface area contributed by atoms with Gasteiger partial charge in [0.25, 0.3) is 0 Å². The number of aliphatic imine (C=N–C) groups is 1. The van der Waals surface area contributed by atoms with E-state index >= 15 is 0 Å². The number of carbonyl (C=O) groups is 3. The van der Waals surface area contributed by atoms with E-state index in [-0.39, 0.29) is 30.4 Å². The van der Waals surface area contributed by atoms with Crippen molar-refractivity contribution in [2.75, 3.05) is 41.0 Å². The Labute approximate surface area is 188 Å². The van der Waals surface area contributed by atoms with Crippen molar-refractivity contribution in [1.82, 2.24) is 4.90 Å².